The van der Waals surface area contributed by atoms with Crippen molar-refractivity contribution in [1.82, 2.24) is 19.8 Å². The summed E-state index contributed by atoms with van der Waals surface area (Å²) in [7, 11) is 5.04. The minimum absolute atomic E-state index is 0.000928. The molecule has 0 fully saturated rings. The Bertz CT molecular complexity index is 654. The van der Waals surface area contributed by atoms with Crippen LogP contribution in [-0.4, -0.2) is 52.1 Å². The number of thioether (sulfide) groups is 1. The van der Waals surface area contributed by atoms with Crippen LogP contribution in [0.1, 0.15) is 6.92 Å². The summed E-state index contributed by atoms with van der Waals surface area (Å²) in [5.74, 6) is 7.34. The van der Waals surface area contributed by atoms with E-state index in [0.717, 1.165) is 11.3 Å². The number of ether oxygens (including phenoxy) is 1. The Morgan fingerprint density at radius 1 is 1.32 bits per heavy atom. The molecule has 7 nitrogen and oxygen atoms in total. The molecule has 0 aliphatic heterocycles. The molecule has 0 saturated heterocycles. The molecule has 0 aliphatic rings. The number of nitrogens with zero attached hydrogens (tertiary/aromatic N) is 4. The standard InChI is InChI=1S/C14H19N5O2S/c1-9(13(20)18(2)3)22-14-17-16-12(19(14)15)10-5-7-11(21-4)8-6-10/h5-9H,15H2,1-4H3/t9-/m0/s1. The Balaban J connectivity index is 2.20. The fourth-order valence-corrected chi connectivity index (χ4v) is 2.78. The Morgan fingerprint density at radius 3 is 2.50 bits per heavy atom. The highest BCUT2D eigenvalue weighted by Crippen LogP contribution is 2.26. The number of carbonyl (C=O) groups is 1. The van der Waals surface area contributed by atoms with Gasteiger partial charge in [-0.1, -0.05) is 11.8 Å². The van der Waals surface area contributed by atoms with Gasteiger partial charge in [-0.05, 0) is 31.2 Å². The lowest BCUT2D eigenvalue weighted by molar-refractivity contribution is -0.127. The number of carbonyl (C=O) groups excluding carboxylic acids is 1. The summed E-state index contributed by atoms with van der Waals surface area (Å²) in [6, 6.07) is 7.37. The van der Waals surface area contributed by atoms with Crippen LogP contribution in [0.15, 0.2) is 29.4 Å². The molecule has 0 bridgehead atoms. The van der Waals surface area contributed by atoms with Crippen molar-refractivity contribution in [3.63, 3.8) is 0 Å². The van der Waals surface area contributed by atoms with Crippen molar-refractivity contribution < 1.29 is 9.53 Å². The Morgan fingerprint density at radius 2 is 1.95 bits per heavy atom. The van der Waals surface area contributed by atoms with Gasteiger partial charge in [-0.2, -0.15) is 0 Å². The molecule has 22 heavy (non-hydrogen) atoms. The zero-order valence-corrected chi connectivity index (χ0v) is 13.8. The van der Waals surface area contributed by atoms with Crippen LogP contribution in [0.25, 0.3) is 11.4 Å². The van der Waals surface area contributed by atoms with Gasteiger partial charge in [0.15, 0.2) is 5.82 Å². The summed E-state index contributed by atoms with van der Waals surface area (Å²) < 4.78 is 6.52. The molecule has 1 aromatic carbocycles. The first kappa shape index (κ1) is 16.2. The number of amides is 1. The molecule has 1 amide bonds. The maximum Gasteiger partial charge on any atom is 0.235 e. The van der Waals surface area contributed by atoms with Crippen LogP contribution >= 0.6 is 11.8 Å². The van der Waals surface area contributed by atoms with E-state index in [1.54, 1.807) is 26.1 Å². The second-order valence-corrected chi connectivity index (χ2v) is 6.21. The molecule has 1 aromatic heterocycles. The van der Waals surface area contributed by atoms with Crippen molar-refractivity contribution >= 4 is 17.7 Å². The summed E-state index contributed by atoms with van der Waals surface area (Å²) in [6.07, 6.45) is 0. The lowest BCUT2D eigenvalue weighted by atomic mass is 10.2. The van der Waals surface area contributed by atoms with Gasteiger partial charge in [0.25, 0.3) is 0 Å². The molecule has 0 spiro atoms. The Hall–Kier alpha value is -2.22. The van der Waals surface area contributed by atoms with Crippen LogP contribution in [-0.2, 0) is 4.79 Å². The predicted octanol–water partition coefficient (Wildman–Crippen LogP) is 1.24. The van der Waals surface area contributed by atoms with Crippen molar-refractivity contribution in [2.24, 2.45) is 0 Å². The quantitative estimate of drug-likeness (QED) is 0.658. The van der Waals surface area contributed by atoms with Crippen molar-refractivity contribution in [3.8, 4) is 17.1 Å². The van der Waals surface area contributed by atoms with Gasteiger partial charge in [-0.25, -0.2) is 4.68 Å². The van der Waals surface area contributed by atoms with Crippen molar-refractivity contribution in [3.05, 3.63) is 24.3 Å². The lowest BCUT2D eigenvalue weighted by Crippen LogP contribution is -2.30. The fourth-order valence-electron chi connectivity index (χ4n) is 1.87. The van der Waals surface area contributed by atoms with Crippen molar-refractivity contribution in [2.45, 2.75) is 17.3 Å². The number of aromatic nitrogens is 3. The molecule has 118 valence electrons. The van der Waals surface area contributed by atoms with Gasteiger partial charge in [0.1, 0.15) is 5.75 Å². The van der Waals surface area contributed by atoms with E-state index in [1.807, 2.05) is 31.2 Å². The largest absolute Gasteiger partial charge is 0.497 e. The minimum Gasteiger partial charge on any atom is -0.497 e. The number of hydrogen-bond donors (Lipinski definition) is 1. The number of nitrogen functional groups attached to an aromatic ring is 1. The SMILES string of the molecule is COc1ccc(-c2nnc(S[C@@H](C)C(=O)N(C)C)n2N)cc1. The summed E-state index contributed by atoms with van der Waals surface area (Å²) in [6.45, 7) is 1.81. The summed E-state index contributed by atoms with van der Waals surface area (Å²) >= 11 is 1.28. The van der Waals surface area contributed by atoms with Crippen LogP contribution in [0, 0.1) is 0 Å². The van der Waals surface area contributed by atoms with Crippen LogP contribution in [0.5, 0.6) is 5.75 Å². The molecule has 0 unspecified atom stereocenters. The first-order valence-electron chi connectivity index (χ1n) is 6.66. The van der Waals surface area contributed by atoms with E-state index in [2.05, 4.69) is 10.2 Å². The molecule has 2 N–H and O–H groups in total. The maximum absolute atomic E-state index is 11.9. The molecule has 1 atom stereocenters. The molecule has 8 heteroatoms. The highest BCUT2D eigenvalue weighted by atomic mass is 32.2. The summed E-state index contributed by atoms with van der Waals surface area (Å²) in [5, 5.41) is 8.37. The molecule has 2 aromatic rings. The molecule has 0 saturated carbocycles. The first-order chi connectivity index (χ1) is 10.4. The van der Waals surface area contributed by atoms with E-state index in [0.29, 0.717) is 11.0 Å². The Labute approximate surface area is 133 Å². The third-order valence-corrected chi connectivity index (χ3v) is 4.13. The van der Waals surface area contributed by atoms with Crippen LogP contribution in [0.2, 0.25) is 0 Å². The second kappa shape index (κ2) is 6.69. The monoisotopic (exact) mass is 321 g/mol. The van der Waals surface area contributed by atoms with E-state index in [-0.39, 0.29) is 11.2 Å². The number of nitrogens with two attached hydrogens (primary N) is 1. The van der Waals surface area contributed by atoms with E-state index in [4.69, 9.17) is 10.6 Å². The van der Waals surface area contributed by atoms with Gasteiger partial charge in [-0.3, -0.25) is 4.79 Å². The first-order valence-corrected chi connectivity index (χ1v) is 7.54. The summed E-state index contributed by atoms with van der Waals surface area (Å²) in [5.41, 5.74) is 0.828. The maximum atomic E-state index is 11.9. The number of benzene rings is 1. The third-order valence-electron chi connectivity index (χ3n) is 3.08. The summed E-state index contributed by atoms with van der Waals surface area (Å²) in [4.78, 5) is 13.4. The molecule has 2 rings (SSSR count). The average Bonchev–Trinajstić information content (AvgIpc) is 2.87. The fraction of sp³-hybridized carbons (Fsp3) is 0.357. The number of methoxy groups -OCH3 is 1. The predicted molar refractivity (Wildman–Crippen MR) is 86.2 cm³/mol. The van der Waals surface area contributed by atoms with Gasteiger partial charge in [-0.15, -0.1) is 10.2 Å². The molecule has 0 radical (unpaired) electrons. The van der Waals surface area contributed by atoms with Gasteiger partial charge in [0.2, 0.25) is 11.1 Å². The van der Waals surface area contributed by atoms with Crippen LogP contribution in [0.4, 0.5) is 0 Å². The van der Waals surface area contributed by atoms with E-state index in [1.165, 1.54) is 16.4 Å². The smallest absolute Gasteiger partial charge is 0.235 e. The van der Waals surface area contributed by atoms with Gasteiger partial charge < -0.3 is 15.5 Å². The number of hydrogen-bond acceptors (Lipinski definition) is 6. The van der Waals surface area contributed by atoms with Crippen molar-refractivity contribution in [2.75, 3.05) is 27.0 Å². The molecular weight excluding hydrogens is 302 g/mol. The molecule has 0 aliphatic carbocycles. The highest BCUT2D eigenvalue weighted by Gasteiger charge is 2.20. The van der Waals surface area contributed by atoms with Crippen LogP contribution < -0.4 is 10.6 Å². The minimum atomic E-state index is -0.287. The van der Waals surface area contributed by atoms with Gasteiger partial charge >= 0.3 is 0 Å². The number of rotatable bonds is 5. The normalized spacial score (nSPS) is 12.0. The van der Waals surface area contributed by atoms with E-state index >= 15 is 0 Å². The zero-order chi connectivity index (χ0) is 16.3. The average molecular weight is 321 g/mol. The van der Waals surface area contributed by atoms with Crippen molar-refractivity contribution in [1.29, 1.82) is 0 Å². The second-order valence-electron chi connectivity index (χ2n) is 4.90. The highest BCUT2D eigenvalue weighted by molar-refractivity contribution is 8.00. The molecular formula is C14H19N5O2S. The molecule has 1 heterocycles. The van der Waals surface area contributed by atoms with Gasteiger partial charge in [0.05, 0.1) is 12.4 Å². The zero-order valence-electron chi connectivity index (χ0n) is 13.0. The van der Waals surface area contributed by atoms with Crippen LogP contribution in [0.3, 0.4) is 0 Å². The van der Waals surface area contributed by atoms with E-state index in [9.17, 15) is 4.79 Å². The van der Waals surface area contributed by atoms with E-state index < -0.39 is 0 Å². The third kappa shape index (κ3) is 3.33. The Kier molecular flexibility index (Phi) is 4.92. The van der Waals surface area contributed by atoms with Gasteiger partial charge in [0, 0.05) is 19.7 Å². The topological polar surface area (TPSA) is 86.3 Å². The lowest BCUT2D eigenvalue weighted by Gasteiger charge is -2.15.